The van der Waals surface area contributed by atoms with Crippen molar-refractivity contribution in [3.8, 4) is 11.1 Å². The standard InChI is InChI=1S/C26H21N5O2.2H2/c1-17-9-10-23(33-17)16-28-25(32)19-6-4-7-22(12-19)31-26-29-14-21(15-30-26)20-11-18-5-2-3-8-24(18)27-13-20;;/h2-15H,16H2,1H3,(H,28,32)(H,29,30,31);2*1H. The molecule has 2 aromatic carbocycles. The number of nitrogens with one attached hydrogen (secondary N) is 2. The lowest BCUT2D eigenvalue weighted by Gasteiger charge is -2.08. The number of fused-ring (bicyclic) bond motifs is 1. The molecule has 0 atom stereocenters. The fourth-order valence-electron chi connectivity index (χ4n) is 3.49. The number of furan rings is 1. The molecule has 0 spiro atoms. The van der Waals surface area contributed by atoms with Crippen LogP contribution < -0.4 is 10.6 Å². The second-order valence-electron chi connectivity index (χ2n) is 7.61. The van der Waals surface area contributed by atoms with Gasteiger partial charge < -0.3 is 15.1 Å². The second kappa shape index (κ2) is 8.92. The van der Waals surface area contributed by atoms with Gasteiger partial charge in [-0.2, -0.15) is 0 Å². The van der Waals surface area contributed by atoms with Crippen LogP contribution in [0.1, 0.15) is 24.7 Å². The Labute approximate surface area is 193 Å². The number of rotatable bonds is 6. The molecule has 3 heterocycles. The summed E-state index contributed by atoms with van der Waals surface area (Å²) in [6.45, 7) is 2.20. The van der Waals surface area contributed by atoms with E-state index in [9.17, 15) is 4.79 Å². The van der Waals surface area contributed by atoms with Crippen LogP contribution in [0.15, 0.2) is 89.7 Å². The zero-order valence-electron chi connectivity index (χ0n) is 17.9. The number of aromatic nitrogens is 3. The molecule has 5 rings (SSSR count). The smallest absolute Gasteiger partial charge is 0.251 e. The van der Waals surface area contributed by atoms with Gasteiger partial charge in [0.2, 0.25) is 5.95 Å². The summed E-state index contributed by atoms with van der Waals surface area (Å²) in [5.74, 6) is 1.78. The minimum atomic E-state index is -0.187. The predicted molar refractivity (Wildman–Crippen MR) is 131 cm³/mol. The largest absolute Gasteiger partial charge is 0.465 e. The number of benzene rings is 2. The summed E-state index contributed by atoms with van der Waals surface area (Å²) in [7, 11) is 0. The highest BCUT2D eigenvalue weighted by Crippen LogP contribution is 2.23. The monoisotopic (exact) mass is 439 g/mol. The second-order valence-corrected chi connectivity index (χ2v) is 7.61. The number of carbonyl (C=O) groups excluding carboxylic acids is 1. The molecule has 5 aromatic rings. The van der Waals surface area contributed by atoms with Crippen molar-refractivity contribution >= 4 is 28.4 Å². The number of amides is 1. The van der Waals surface area contributed by atoms with Gasteiger partial charge in [-0.15, -0.1) is 0 Å². The molecule has 7 nitrogen and oxygen atoms in total. The van der Waals surface area contributed by atoms with Gasteiger partial charge in [0.05, 0.1) is 12.1 Å². The summed E-state index contributed by atoms with van der Waals surface area (Å²) in [5.41, 5.74) is 4.02. The highest BCUT2D eigenvalue weighted by molar-refractivity contribution is 5.95. The van der Waals surface area contributed by atoms with E-state index in [1.807, 2.05) is 61.7 Å². The van der Waals surface area contributed by atoms with Crippen LogP contribution in [0.2, 0.25) is 0 Å². The van der Waals surface area contributed by atoms with E-state index in [0.29, 0.717) is 23.8 Å². The average molecular weight is 440 g/mol. The first-order valence-corrected chi connectivity index (χ1v) is 10.5. The molecule has 0 bridgehead atoms. The molecule has 0 fully saturated rings. The molecule has 0 saturated carbocycles. The number of hydrogen-bond acceptors (Lipinski definition) is 6. The average Bonchev–Trinajstić information content (AvgIpc) is 3.28. The predicted octanol–water partition coefficient (Wildman–Crippen LogP) is 5.76. The summed E-state index contributed by atoms with van der Waals surface area (Å²) >= 11 is 0. The Bertz CT molecular complexity index is 1440. The number of carbonyl (C=O) groups is 1. The molecule has 0 aliphatic carbocycles. The molecular formula is C26H25N5O2. The van der Waals surface area contributed by atoms with Crippen molar-refractivity contribution in [3.05, 3.63) is 102 Å². The third-order valence-corrected chi connectivity index (χ3v) is 5.18. The van der Waals surface area contributed by atoms with Gasteiger partial charge in [-0.3, -0.25) is 9.78 Å². The van der Waals surface area contributed by atoms with Gasteiger partial charge in [-0.1, -0.05) is 24.3 Å². The first-order valence-electron chi connectivity index (χ1n) is 10.5. The molecule has 3 aromatic heterocycles. The van der Waals surface area contributed by atoms with Gasteiger partial charge >= 0.3 is 0 Å². The maximum atomic E-state index is 12.5. The molecular weight excluding hydrogens is 414 g/mol. The number of pyridine rings is 1. The Balaban J connectivity index is 0.00000171. The Morgan fingerprint density at radius 1 is 0.909 bits per heavy atom. The van der Waals surface area contributed by atoms with Crippen molar-refractivity contribution in [2.24, 2.45) is 0 Å². The fraction of sp³-hybridized carbons (Fsp3) is 0.0769. The minimum Gasteiger partial charge on any atom is -0.465 e. The number of hydrogen-bond donors (Lipinski definition) is 2. The topological polar surface area (TPSA) is 92.9 Å². The van der Waals surface area contributed by atoms with Crippen LogP contribution in [-0.4, -0.2) is 20.9 Å². The molecule has 0 aliphatic heterocycles. The third kappa shape index (κ3) is 4.72. The third-order valence-electron chi connectivity index (χ3n) is 5.18. The Morgan fingerprint density at radius 2 is 1.73 bits per heavy atom. The van der Waals surface area contributed by atoms with Gasteiger partial charge in [0, 0.05) is 49.2 Å². The first-order chi connectivity index (χ1) is 16.1. The summed E-state index contributed by atoms with van der Waals surface area (Å²) in [4.78, 5) is 25.8. The quantitative estimate of drug-likeness (QED) is 0.349. The molecule has 1 amide bonds. The van der Waals surface area contributed by atoms with E-state index >= 15 is 0 Å². The highest BCUT2D eigenvalue weighted by atomic mass is 16.3. The van der Waals surface area contributed by atoms with E-state index in [-0.39, 0.29) is 8.76 Å². The Kier molecular flexibility index (Phi) is 5.51. The Morgan fingerprint density at radius 3 is 2.55 bits per heavy atom. The summed E-state index contributed by atoms with van der Waals surface area (Å²) in [5, 5.41) is 7.07. The molecule has 0 radical (unpaired) electrons. The van der Waals surface area contributed by atoms with Crippen LogP contribution in [0.25, 0.3) is 22.0 Å². The van der Waals surface area contributed by atoms with Crippen molar-refractivity contribution in [1.82, 2.24) is 20.3 Å². The molecule has 7 heteroatoms. The van der Waals surface area contributed by atoms with Crippen molar-refractivity contribution in [3.63, 3.8) is 0 Å². The number of nitrogens with zero attached hydrogens (tertiary/aromatic N) is 3. The summed E-state index contributed by atoms with van der Waals surface area (Å²) in [6, 6.07) is 20.9. The van der Waals surface area contributed by atoms with E-state index in [0.717, 1.165) is 33.5 Å². The maximum absolute atomic E-state index is 12.5. The Hall–Kier alpha value is -4.52. The van der Waals surface area contributed by atoms with Gasteiger partial charge in [0.25, 0.3) is 5.91 Å². The summed E-state index contributed by atoms with van der Waals surface area (Å²) < 4.78 is 5.49. The van der Waals surface area contributed by atoms with E-state index in [4.69, 9.17) is 4.42 Å². The maximum Gasteiger partial charge on any atom is 0.251 e. The van der Waals surface area contributed by atoms with Crippen LogP contribution >= 0.6 is 0 Å². The minimum absolute atomic E-state index is 0. The normalized spacial score (nSPS) is 10.8. The van der Waals surface area contributed by atoms with Crippen molar-refractivity contribution in [2.75, 3.05) is 5.32 Å². The SMILES string of the molecule is Cc1ccc(CNC(=O)c2cccc(Nc3ncc(-c4cnc5ccccc5c4)cn3)c2)o1.[HH].[HH]. The van der Waals surface area contributed by atoms with Gasteiger partial charge in [0.1, 0.15) is 11.5 Å². The van der Waals surface area contributed by atoms with Crippen molar-refractivity contribution < 1.29 is 12.1 Å². The van der Waals surface area contributed by atoms with Gasteiger partial charge in [0.15, 0.2) is 0 Å². The van der Waals surface area contributed by atoms with Crippen LogP contribution in [0, 0.1) is 6.92 Å². The molecule has 0 unspecified atom stereocenters. The molecule has 33 heavy (non-hydrogen) atoms. The zero-order valence-corrected chi connectivity index (χ0v) is 17.9. The highest BCUT2D eigenvalue weighted by Gasteiger charge is 2.09. The van der Waals surface area contributed by atoms with Crippen LogP contribution in [0.4, 0.5) is 11.6 Å². The van der Waals surface area contributed by atoms with Gasteiger partial charge in [-0.25, -0.2) is 9.97 Å². The van der Waals surface area contributed by atoms with Crippen molar-refractivity contribution in [2.45, 2.75) is 13.5 Å². The summed E-state index contributed by atoms with van der Waals surface area (Å²) in [6.07, 6.45) is 5.33. The molecule has 2 N–H and O–H groups in total. The molecule has 166 valence electrons. The zero-order chi connectivity index (χ0) is 22.6. The molecule has 0 aliphatic rings. The van der Waals surface area contributed by atoms with Crippen molar-refractivity contribution in [1.29, 1.82) is 0 Å². The van der Waals surface area contributed by atoms with Gasteiger partial charge in [-0.05, 0) is 49.4 Å². The number of aryl methyl sites for hydroxylation is 1. The molecule has 0 saturated heterocycles. The fourth-order valence-corrected chi connectivity index (χ4v) is 3.49. The number of para-hydroxylation sites is 1. The van der Waals surface area contributed by atoms with Crippen LogP contribution in [0.3, 0.4) is 0 Å². The lowest BCUT2D eigenvalue weighted by atomic mass is 10.1. The van der Waals surface area contributed by atoms with E-state index in [2.05, 4.69) is 31.7 Å². The van der Waals surface area contributed by atoms with E-state index < -0.39 is 0 Å². The lowest BCUT2D eigenvalue weighted by molar-refractivity contribution is 0.0948. The van der Waals surface area contributed by atoms with E-state index in [1.54, 1.807) is 24.5 Å². The number of anilines is 2. The van der Waals surface area contributed by atoms with E-state index in [1.165, 1.54) is 0 Å². The first kappa shape index (κ1) is 20.4. The van der Waals surface area contributed by atoms with Crippen LogP contribution in [-0.2, 0) is 6.54 Å². The lowest BCUT2D eigenvalue weighted by Crippen LogP contribution is -2.22. The van der Waals surface area contributed by atoms with Crippen LogP contribution in [0.5, 0.6) is 0 Å².